The predicted octanol–water partition coefficient (Wildman–Crippen LogP) is 2.48. The minimum Gasteiger partial charge on any atom is -0.477 e. The number of hydrogen-bond acceptors (Lipinski definition) is 1. The molecule has 0 atom stereocenters. The number of rotatable bonds is 2. The van der Waals surface area contributed by atoms with E-state index in [4.69, 9.17) is 0 Å². The van der Waals surface area contributed by atoms with E-state index in [0.29, 0.717) is 11.6 Å². The van der Waals surface area contributed by atoms with Gasteiger partial charge in [0.05, 0.1) is 0 Å². The summed E-state index contributed by atoms with van der Waals surface area (Å²) in [4.78, 5) is 11.4. The van der Waals surface area contributed by atoms with Gasteiger partial charge in [-0.15, -0.1) is 0 Å². The van der Waals surface area contributed by atoms with Gasteiger partial charge in [0.25, 0.3) is 0 Å². The molecule has 2 aliphatic carbocycles. The van der Waals surface area contributed by atoms with Crippen LogP contribution in [0.3, 0.4) is 0 Å². The average molecular weight is 219 g/mol. The summed E-state index contributed by atoms with van der Waals surface area (Å²) in [5.74, 6) is -0.210. The van der Waals surface area contributed by atoms with Gasteiger partial charge in [-0.25, -0.2) is 4.79 Å². The van der Waals surface area contributed by atoms with Crippen LogP contribution < -0.4 is 0 Å². The fraction of sp³-hybridized carbons (Fsp3) is 0.615. The van der Waals surface area contributed by atoms with Gasteiger partial charge in [-0.2, -0.15) is 0 Å². The summed E-state index contributed by atoms with van der Waals surface area (Å²) in [6, 6.07) is 0. The first-order valence-corrected chi connectivity index (χ1v) is 6.13. The number of nitrogens with zero attached hydrogens (tertiary/aromatic N) is 1. The van der Waals surface area contributed by atoms with Crippen molar-refractivity contribution in [3.05, 3.63) is 22.5 Å². The van der Waals surface area contributed by atoms with Gasteiger partial charge in [-0.3, -0.25) is 0 Å². The first-order chi connectivity index (χ1) is 7.70. The van der Waals surface area contributed by atoms with E-state index >= 15 is 0 Å². The number of hydrogen-bond donors (Lipinski definition) is 1. The molecule has 0 bridgehead atoms. The predicted molar refractivity (Wildman–Crippen MR) is 61.0 cm³/mol. The zero-order valence-electron chi connectivity index (χ0n) is 9.62. The van der Waals surface area contributed by atoms with Crippen LogP contribution in [0.2, 0.25) is 0 Å². The van der Waals surface area contributed by atoms with E-state index in [0.717, 1.165) is 12.8 Å². The van der Waals surface area contributed by atoms with Gasteiger partial charge in [0.1, 0.15) is 5.69 Å². The lowest BCUT2D eigenvalue weighted by molar-refractivity contribution is 0.0685. The molecular weight excluding hydrogens is 202 g/mol. The fourth-order valence-corrected chi connectivity index (χ4v) is 3.08. The summed E-state index contributed by atoms with van der Waals surface area (Å²) in [6.45, 7) is 0. The lowest BCUT2D eigenvalue weighted by Gasteiger charge is -2.13. The van der Waals surface area contributed by atoms with Crippen LogP contribution in [-0.2, 0) is 19.9 Å². The Labute approximate surface area is 95.1 Å². The Hall–Kier alpha value is -1.25. The SMILES string of the molecule is Cn1c2c(c(C3CC3)c1C(=O)O)CCCC2. The van der Waals surface area contributed by atoms with Gasteiger partial charge in [-0.05, 0) is 55.6 Å². The molecule has 3 nitrogen and oxygen atoms in total. The molecule has 1 N–H and O–H groups in total. The maximum Gasteiger partial charge on any atom is 0.352 e. The molecule has 0 unspecified atom stereocenters. The second kappa shape index (κ2) is 3.37. The summed E-state index contributed by atoms with van der Waals surface area (Å²) in [6.07, 6.45) is 6.92. The van der Waals surface area contributed by atoms with Crippen molar-refractivity contribution in [1.29, 1.82) is 0 Å². The second-order valence-electron chi connectivity index (χ2n) is 5.03. The van der Waals surface area contributed by atoms with Crippen molar-refractivity contribution >= 4 is 5.97 Å². The van der Waals surface area contributed by atoms with E-state index in [9.17, 15) is 9.90 Å². The molecule has 0 aromatic carbocycles. The fourth-order valence-electron chi connectivity index (χ4n) is 3.08. The molecule has 2 aliphatic rings. The van der Waals surface area contributed by atoms with Crippen molar-refractivity contribution in [2.24, 2.45) is 7.05 Å². The van der Waals surface area contributed by atoms with Crippen molar-refractivity contribution in [2.75, 3.05) is 0 Å². The van der Waals surface area contributed by atoms with Crippen LogP contribution in [0.5, 0.6) is 0 Å². The van der Waals surface area contributed by atoms with Crippen LogP contribution in [0, 0.1) is 0 Å². The van der Waals surface area contributed by atoms with Gasteiger partial charge >= 0.3 is 5.97 Å². The molecule has 1 fully saturated rings. The molecule has 1 aromatic heterocycles. The highest BCUT2D eigenvalue weighted by Gasteiger charge is 2.35. The van der Waals surface area contributed by atoms with Crippen LogP contribution in [0.15, 0.2) is 0 Å². The normalized spacial score (nSPS) is 19.6. The molecule has 3 heteroatoms. The molecule has 0 spiro atoms. The van der Waals surface area contributed by atoms with Gasteiger partial charge in [0.2, 0.25) is 0 Å². The molecule has 16 heavy (non-hydrogen) atoms. The minimum absolute atomic E-state index is 0.541. The quantitative estimate of drug-likeness (QED) is 0.830. The van der Waals surface area contributed by atoms with Gasteiger partial charge in [0.15, 0.2) is 0 Å². The third kappa shape index (κ3) is 1.30. The maximum absolute atomic E-state index is 11.4. The Balaban J connectivity index is 2.22. The van der Waals surface area contributed by atoms with Crippen molar-refractivity contribution < 1.29 is 9.90 Å². The summed E-state index contributed by atoms with van der Waals surface area (Å²) < 4.78 is 1.94. The first kappa shape index (κ1) is 9.94. The highest BCUT2D eigenvalue weighted by Crippen LogP contribution is 2.46. The van der Waals surface area contributed by atoms with E-state index in [1.165, 1.54) is 42.5 Å². The van der Waals surface area contributed by atoms with Gasteiger partial charge in [0, 0.05) is 12.7 Å². The lowest BCUT2D eigenvalue weighted by atomic mass is 9.92. The molecule has 1 heterocycles. The Kier molecular flexibility index (Phi) is 2.09. The van der Waals surface area contributed by atoms with Crippen molar-refractivity contribution in [1.82, 2.24) is 4.57 Å². The zero-order chi connectivity index (χ0) is 11.3. The maximum atomic E-state index is 11.4. The number of fused-ring (bicyclic) bond motifs is 1. The molecule has 1 aromatic rings. The zero-order valence-corrected chi connectivity index (χ0v) is 9.62. The van der Waals surface area contributed by atoms with E-state index in [1.54, 1.807) is 0 Å². The van der Waals surface area contributed by atoms with Crippen LogP contribution in [0.25, 0.3) is 0 Å². The van der Waals surface area contributed by atoms with Crippen LogP contribution >= 0.6 is 0 Å². The molecule has 3 rings (SSSR count). The topological polar surface area (TPSA) is 42.2 Å². The third-order valence-electron chi connectivity index (χ3n) is 3.95. The van der Waals surface area contributed by atoms with E-state index in [1.807, 2.05) is 11.6 Å². The van der Waals surface area contributed by atoms with Crippen molar-refractivity contribution in [3.8, 4) is 0 Å². The Morgan fingerprint density at radius 3 is 2.62 bits per heavy atom. The summed E-state index contributed by atoms with van der Waals surface area (Å²) in [5.41, 5.74) is 4.39. The summed E-state index contributed by atoms with van der Waals surface area (Å²) in [7, 11) is 1.92. The molecular formula is C13H17NO2. The van der Waals surface area contributed by atoms with Crippen LogP contribution in [-0.4, -0.2) is 15.6 Å². The Bertz CT molecular complexity index is 455. The molecule has 0 amide bonds. The van der Waals surface area contributed by atoms with Crippen LogP contribution in [0.1, 0.15) is 58.9 Å². The summed E-state index contributed by atoms with van der Waals surface area (Å²) in [5, 5.41) is 9.35. The Morgan fingerprint density at radius 1 is 1.31 bits per heavy atom. The molecule has 0 radical (unpaired) electrons. The third-order valence-corrected chi connectivity index (χ3v) is 3.95. The summed E-state index contributed by atoms with van der Waals surface area (Å²) >= 11 is 0. The van der Waals surface area contributed by atoms with Gasteiger partial charge in [-0.1, -0.05) is 0 Å². The van der Waals surface area contributed by atoms with Gasteiger partial charge < -0.3 is 9.67 Å². The van der Waals surface area contributed by atoms with E-state index in [-0.39, 0.29) is 0 Å². The number of aromatic nitrogens is 1. The Morgan fingerprint density at radius 2 is 2.00 bits per heavy atom. The molecule has 86 valence electrons. The number of carbonyl (C=O) groups is 1. The van der Waals surface area contributed by atoms with Crippen molar-refractivity contribution in [3.63, 3.8) is 0 Å². The van der Waals surface area contributed by atoms with E-state index < -0.39 is 5.97 Å². The molecule has 0 aliphatic heterocycles. The minimum atomic E-state index is -0.751. The largest absolute Gasteiger partial charge is 0.477 e. The van der Waals surface area contributed by atoms with Crippen LogP contribution in [0.4, 0.5) is 0 Å². The first-order valence-electron chi connectivity index (χ1n) is 6.13. The lowest BCUT2D eigenvalue weighted by Crippen LogP contribution is -2.09. The van der Waals surface area contributed by atoms with E-state index in [2.05, 4.69) is 0 Å². The number of aromatic carboxylic acids is 1. The number of carboxylic acid groups (broad SMARTS) is 1. The molecule has 1 saturated carbocycles. The monoisotopic (exact) mass is 219 g/mol. The highest BCUT2D eigenvalue weighted by molar-refractivity contribution is 5.89. The average Bonchev–Trinajstić information content (AvgIpc) is 3.05. The number of carboxylic acids is 1. The van der Waals surface area contributed by atoms with Crippen molar-refractivity contribution in [2.45, 2.75) is 44.4 Å². The molecule has 0 saturated heterocycles. The second-order valence-corrected chi connectivity index (χ2v) is 5.03. The standard InChI is InChI=1S/C13H17NO2/c1-14-10-5-3-2-4-9(10)11(8-6-7-8)12(14)13(15)16/h8H,2-7H2,1H3,(H,15,16). The highest BCUT2D eigenvalue weighted by atomic mass is 16.4. The smallest absolute Gasteiger partial charge is 0.352 e.